The van der Waals surface area contributed by atoms with E-state index in [0.717, 1.165) is 9.47 Å². The molecule has 0 unspecified atom stereocenters. The number of thioether (sulfide) groups is 1. The lowest BCUT2D eigenvalue weighted by atomic mass is 9.97. The largest absolute Gasteiger partial charge is 0.357 e. The lowest BCUT2D eigenvalue weighted by Gasteiger charge is -2.10. The molecular weight excluding hydrogens is 294 g/mol. The highest BCUT2D eigenvalue weighted by Gasteiger charge is 2.23. The van der Waals surface area contributed by atoms with Crippen LogP contribution in [0.2, 0.25) is 0 Å². The first-order chi connectivity index (χ1) is 9.50. The van der Waals surface area contributed by atoms with Gasteiger partial charge in [-0.05, 0) is 12.8 Å². The number of nitrogens with one attached hydrogen (secondary N) is 1. The van der Waals surface area contributed by atoms with Crippen LogP contribution in [0.4, 0.5) is 5.13 Å². The number of nitrogens with zero attached hydrogens (tertiary/aromatic N) is 4. The Labute approximate surface area is 125 Å². The standard InChI is InChI=1S/C12H17N5OS2/c1-12(2,3)9-14-8(17-18-9)6-19-11-16-15-10(20-11)13-7-4-5-7/h7H,4-6H2,1-3H3,(H,13,15). The molecule has 2 aromatic heterocycles. The Morgan fingerprint density at radius 1 is 1.35 bits per heavy atom. The highest BCUT2D eigenvalue weighted by atomic mass is 32.2. The fraction of sp³-hybridized carbons (Fsp3) is 0.667. The molecule has 2 heterocycles. The number of aromatic nitrogens is 4. The van der Waals surface area contributed by atoms with Crippen LogP contribution in [0.1, 0.15) is 45.3 Å². The molecule has 1 fully saturated rings. The van der Waals surface area contributed by atoms with Crippen LogP contribution in [-0.4, -0.2) is 26.4 Å². The first-order valence-electron chi connectivity index (χ1n) is 6.56. The van der Waals surface area contributed by atoms with Gasteiger partial charge < -0.3 is 9.84 Å². The third-order valence-corrected chi connectivity index (χ3v) is 4.73. The van der Waals surface area contributed by atoms with Crippen LogP contribution < -0.4 is 5.32 Å². The summed E-state index contributed by atoms with van der Waals surface area (Å²) in [7, 11) is 0. The van der Waals surface area contributed by atoms with Gasteiger partial charge in [0.25, 0.3) is 0 Å². The molecular formula is C12H17N5OS2. The van der Waals surface area contributed by atoms with E-state index in [-0.39, 0.29) is 5.41 Å². The van der Waals surface area contributed by atoms with E-state index in [1.54, 1.807) is 23.1 Å². The fourth-order valence-corrected chi connectivity index (χ4v) is 3.14. The number of anilines is 1. The van der Waals surface area contributed by atoms with Crippen molar-refractivity contribution in [1.29, 1.82) is 0 Å². The number of hydrogen-bond acceptors (Lipinski definition) is 8. The topological polar surface area (TPSA) is 76.7 Å². The normalized spacial score (nSPS) is 15.6. The summed E-state index contributed by atoms with van der Waals surface area (Å²) >= 11 is 3.16. The van der Waals surface area contributed by atoms with Crippen molar-refractivity contribution in [2.75, 3.05) is 5.32 Å². The van der Waals surface area contributed by atoms with Crippen LogP contribution in [0.15, 0.2) is 8.86 Å². The van der Waals surface area contributed by atoms with Gasteiger partial charge in [-0.2, -0.15) is 4.98 Å². The van der Waals surface area contributed by atoms with Crippen LogP contribution in [0, 0.1) is 0 Å². The molecule has 0 amide bonds. The maximum atomic E-state index is 5.26. The highest BCUT2D eigenvalue weighted by molar-refractivity contribution is 8.00. The zero-order valence-corrected chi connectivity index (χ0v) is 13.3. The monoisotopic (exact) mass is 311 g/mol. The molecule has 1 aliphatic carbocycles. The van der Waals surface area contributed by atoms with Crippen LogP contribution in [0.5, 0.6) is 0 Å². The SMILES string of the molecule is CC(C)(C)c1nc(CSc2nnc(NC3CC3)s2)no1. The number of rotatable bonds is 5. The van der Waals surface area contributed by atoms with Crippen molar-refractivity contribution in [2.24, 2.45) is 0 Å². The van der Waals surface area contributed by atoms with Crippen LogP contribution in [-0.2, 0) is 11.2 Å². The maximum Gasteiger partial charge on any atom is 0.232 e. The summed E-state index contributed by atoms with van der Waals surface area (Å²) in [6, 6.07) is 0.604. The highest BCUT2D eigenvalue weighted by Crippen LogP contribution is 2.31. The minimum atomic E-state index is -0.111. The molecule has 1 N–H and O–H groups in total. The van der Waals surface area contributed by atoms with Gasteiger partial charge in [0.2, 0.25) is 11.0 Å². The predicted octanol–water partition coefficient (Wildman–Crippen LogP) is 3.09. The van der Waals surface area contributed by atoms with E-state index >= 15 is 0 Å². The van der Waals surface area contributed by atoms with Gasteiger partial charge in [0.05, 0.1) is 5.75 Å². The molecule has 0 saturated heterocycles. The molecule has 0 aromatic carbocycles. The van der Waals surface area contributed by atoms with E-state index in [4.69, 9.17) is 4.52 Å². The molecule has 0 spiro atoms. The summed E-state index contributed by atoms with van der Waals surface area (Å²) in [4.78, 5) is 4.40. The lowest BCUT2D eigenvalue weighted by molar-refractivity contribution is 0.319. The third kappa shape index (κ3) is 3.49. The molecule has 108 valence electrons. The summed E-state index contributed by atoms with van der Waals surface area (Å²) in [5.41, 5.74) is -0.111. The van der Waals surface area contributed by atoms with Crippen molar-refractivity contribution in [3.63, 3.8) is 0 Å². The minimum absolute atomic E-state index is 0.111. The molecule has 0 radical (unpaired) electrons. The van der Waals surface area contributed by atoms with Gasteiger partial charge >= 0.3 is 0 Å². The third-order valence-electron chi connectivity index (χ3n) is 2.75. The van der Waals surface area contributed by atoms with Gasteiger partial charge in [-0.3, -0.25) is 0 Å². The first-order valence-corrected chi connectivity index (χ1v) is 8.37. The molecule has 2 aromatic rings. The molecule has 6 nitrogen and oxygen atoms in total. The average Bonchev–Trinajstić information content (AvgIpc) is 2.90. The Morgan fingerprint density at radius 3 is 2.80 bits per heavy atom. The van der Waals surface area contributed by atoms with Crippen molar-refractivity contribution in [3.05, 3.63) is 11.7 Å². The summed E-state index contributed by atoms with van der Waals surface area (Å²) in [5.74, 6) is 2.02. The summed E-state index contributed by atoms with van der Waals surface area (Å²) < 4.78 is 6.19. The van der Waals surface area contributed by atoms with Gasteiger partial charge in [-0.1, -0.05) is 49.0 Å². The van der Waals surface area contributed by atoms with Crippen molar-refractivity contribution < 1.29 is 4.52 Å². The van der Waals surface area contributed by atoms with Gasteiger partial charge in [-0.15, -0.1) is 10.2 Å². The second kappa shape index (κ2) is 5.33. The van der Waals surface area contributed by atoms with Crippen molar-refractivity contribution in [3.8, 4) is 0 Å². The summed E-state index contributed by atoms with van der Waals surface area (Å²) in [5, 5.41) is 16.5. The Hall–Kier alpha value is -1.15. The van der Waals surface area contributed by atoms with Crippen molar-refractivity contribution in [2.45, 2.75) is 55.2 Å². The van der Waals surface area contributed by atoms with E-state index in [1.807, 2.05) is 0 Å². The summed E-state index contributed by atoms with van der Waals surface area (Å²) in [6.45, 7) is 6.16. The first kappa shape index (κ1) is 13.8. The van der Waals surface area contributed by atoms with Crippen LogP contribution in [0.25, 0.3) is 0 Å². The predicted molar refractivity (Wildman–Crippen MR) is 79.1 cm³/mol. The maximum absolute atomic E-state index is 5.26. The minimum Gasteiger partial charge on any atom is -0.357 e. The molecule has 8 heteroatoms. The zero-order chi connectivity index (χ0) is 14.2. The Bertz CT molecular complexity index is 585. The molecule has 0 aliphatic heterocycles. The molecule has 20 heavy (non-hydrogen) atoms. The fourth-order valence-electron chi connectivity index (χ4n) is 1.47. The lowest BCUT2D eigenvalue weighted by Crippen LogP contribution is -2.11. The number of hydrogen-bond donors (Lipinski definition) is 1. The second-order valence-corrected chi connectivity index (χ2v) is 8.05. The molecule has 1 aliphatic rings. The second-order valence-electron chi connectivity index (χ2n) is 5.85. The van der Waals surface area contributed by atoms with Crippen molar-refractivity contribution >= 4 is 28.2 Å². The van der Waals surface area contributed by atoms with E-state index < -0.39 is 0 Å². The molecule has 0 bridgehead atoms. The summed E-state index contributed by atoms with van der Waals surface area (Å²) in [6.07, 6.45) is 2.47. The van der Waals surface area contributed by atoms with Gasteiger partial charge in [0.1, 0.15) is 0 Å². The van der Waals surface area contributed by atoms with Crippen LogP contribution in [0.3, 0.4) is 0 Å². The quantitative estimate of drug-likeness (QED) is 0.850. The van der Waals surface area contributed by atoms with E-state index in [9.17, 15) is 0 Å². The Kier molecular flexibility index (Phi) is 3.68. The Balaban J connectivity index is 1.55. The average molecular weight is 311 g/mol. The molecule has 1 saturated carbocycles. The van der Waals surface area contributed by atoms with Gasteiger partial charge in [-0.25, -0.2) is 0 Å². The van der Waals surface area contributed by atoms with Crippen molar-refractivity contribution in [1.82, 2.24) is 20.3 Å². The van der Waals surface area contributed by atoms with Crippen LogP contribution >= 0.6 is 23.1 Å². The smallest absolute Gasteiger partial charge is 0.232 e. The Morgan fingerprint density at radius 2 is 2.15 bits per heavy atom. The zero-order valence-electron chi connectivity index (χ0n) is 11.7. The van der Waals surface area contributed by atoms with E-state index in [0.29, 0.717) is 23.5 Å². The molecule has 0 atom stereocenters. The molecule has 3 rings (SSSR count). The van der Waals surface area contributed by atoms with Gasteiger partial charge in [0.15, 0.2) is 10.2 Å². The van der Waals surface area contributed by atoms with Gasteiger partial charge in [0, 0.05) is 11.5 Å². The van der Waals surface area contributed by atoms with E-state index in [1.165, 1.54) is 12.8 Å². The van der Waals surface area contributed by atoms with E-state index in [2.05, 4.69) is 46.4 Å².